The van der Waals surface area contributed by atoms with Gasteiger partial charge in [0.2, 0.25) is 0 Å². The Kier molecular flexibility index (Phi) is 4.63. The minimum atomic E-state index is -0.969. The van der Waals surface area contributed by atoms with Crippen molar-refractivity contribution < 1.29 is 14.7 Å². The van der Waals surface area contributed by atoms with Gasteiger partial charge in [-0.05, 0) is 25.2 Å². The van der Waals surface area contributed by atoms with Crippen molar-refractivity contribution in [1.82, 2.24) is 15.1 Å². The molecular weight excluding hydrogens is 246 g/mol. The Labute approximate surface area is 113 Å². The van der Waals surface area contributed by atoms with Gasteiger partial charge in [0.05, 0.1) is 0 Å². The molecule has 0 spiro atoms. The third-order valence-electron chi connectivity index (χ3n) is 3.88. The molecule has 2 aliphatic rings. The molecule has 2 N–H and O–H groups in total. The zero-order valence-electron chi connectivity index (χ0n) is 11.5. The quantitative estimate of drug-likeness (QED) is 0.766. The summed E-state index contributed by atoms with van der Waals surface area (Å²) < 4.78 is 0. The van der Waals surface area contributed by atoms with E-state index in [2.05, 4.69) is 10.2 Å². The molecule has 1 heterocycles. The van der Waals surface area contributed by atoms with Crippen LogP contribution >= 0.6 is 0 Å². The smallest absolute Gasteiger partial charge is 0.326 e. The highest BCUT2D eigenvalue weighted by atomic mass is 16.4. The Morgan fingerprint density at radius 2 is 1.89 bits per heavy atom. The van der Waals surface area contributed by atoms with Gasteiger partial charge in [0.25, 0.3) is 0 Å². The normalized spacial score (nSPS) is 22.1. The first-order chi connectivity index (χ1) is 9.10. The summed E-state index contributed by atoms with van der Waals surface area (Å²) in [6, 6.07) is -1.03. The second-order valence-corrected chi connectivity index (χ2v) is 5.48. The molecule has 6 heteroatoms. The first-order valence-electron chi connectivity index (χ1n) is 7.10. The lowest BCUT2D eigenvalue weighted by molar-refractivity contribution is -0.139. The molecule has 1 saturated carbocycles. The molecule has 1 aliphatic heterocycles. The van der Waals surface area contributed by atoms with Gasteiger partial charge in [-0.3, -0.25) is 4.90 Å². The number of urea groups is 1. The van der Waals surface area contributed by atoms with Crippen LogP contribution in [0.2, 0.25) is 0 Å². The van der Waals surface area contributed by atoms with Crippen molar-refractivity contribution in [2.24, 2.45) is 5.92 Å². The van der Waals surface area contributed by atoms with Crippen molar-refractivity contribution >= 4 is 12.0 Å². The van der Waals surface area contributed by atoms with Crippen molar-refractivity contribution in [2.45, 2.75) is 32.2 Å². The van der Waals surface area contributed by atoms with Crippen LogP contribution in [0.15, 0.2) is 0 Å². The number of nitrogens with zero attached hydrogens (tertiary/aromatic N) is 2. The molecule has 6 nitrogen and oxygen atoms in total. The topological polar surface area (TPSA) is 72.9 Å². The number of nitrogens with one attached hydrogen (secondary N) is 1. The fourth-order valence-corrected chi connectivity index (χ4v) is 2.38. The summed E-state index contributed by atoms with van der Waals surface area (Å²) in [6.07, 6.45) is 3.09. The molecule has 0 radical (unpaired) electrons. The van der Waals surface area contributed by atoms with E-state index in [-0.39, 0.29) is 6.03 Å². The van der Waals surface area contributed by atoms with Crippen LogP contribution in [-0.2, 0) is 4.79 Å². The predicted octanol–water partition coefficient (Wildman–Crippen LogP) is 0.587. The van der Waals surface area contributed by atoms with Crippen LogP contribution in [0.5, 0.6) is 0 Å². The minimum Gasteiger partial charge on any atom is -0.480 e. The number of hydrogen-bond donors (Lipinski definition) is 2. The van der Waals surface area contributed by atoms with Crippen LogP contribution in [0.3, 0.4) is 0 Å². The van der Waals surface area contributed by atoms with Crippen LogP contribution in [-0.4, -0.2) is 65.7 Å². The molecule has 1 aliphatic carbocycles. The van der Waals surface area contributed by atoms with Gasteiger partial charge < -0.3 is 15.3 Å². The summed E-state index contributed by atoms with van der Waals surface area (Å²) in [5.41, 5.74) is 0. The van der Waals surface area contributed by atoms with E-state index in [0.717, 1.165) is 25.6 Å². The van der Waals surface area contributed by atoms with Gasteiger partial charge in [-0.1, -0.05) is 6.92 Å². The molecule has 0 aromatic heterocycles. The zero-order chi connectivity index (χ0) is 13.8. The Bertz CT molecular complexity index is 336. The summed E-state index contributed by atoms with van der Waals surface area (Å²) in [7, 11) is 0. The van der Waals surface area contributed by atoms with Crippen LogP contribution in [0, 0.1) is 5.92 Å². The Morgan fingerprint density at radius 3 is 2.37 bits per heavy atom. The molecule has 0 bridgehead atoms. The SMILES string of the molecule is CC[C@H](NC(=O)N1CCN(CC2CC2)CC1)C(=O)O. The van der Waals surface area contributed by atoms with Crippen molar-refractivity contribution in [3.8, 4) is 0 Å². The van der Waals surface area contributed by atoms with E-state index in [9.17, 15) is 9.59 Å². The lowest BCUT2D eigenvalue weighted by atomic mass is 10.2. The number of carbonyl (C=O) groups is 2. The molecule has 2 amide bonds. The molecule has 19 heavy (non-hydrogen) atoms. The van der Waals surface area contributed by atoms with E-state index < -0.39 is 12.0 Å². The van der Waals surface area contributed by atoms with Crippen molar-refractivity contribution in [3.05, 3.63) is 0 Å². The standard InChI is InChI=1S/C13H23N3O3/c1-2-11(12(17)18)14-13(19)16-7-5-15(6-8-16)9-10-3-4-10/h10-11H,2-9H2,1H3,(H,14,19)(H,17,18)/t11-/m0/s1. The number of carboxylic acid groups (broad SMARTS) is 1. The first-order valence-corrected chi connectivity index (χ1v) is 7.10. The summed E-state index contributed by atoms with van der Waals surface area (Å²) in [6.45, 7) is 6.08. The lowest BCUT2D eigenvalue weighted by Crippen LogP contribution is -2.54. The molecule has 1 atom stereocenters. The van der Waals surface area contributed by atoms with E-state index >= 15 is 0 Å². The fraction of sp³-hybridized carbons (Fsp3) is 0.846. The van der Waals surface area contributed by atoms with Gasteiger partial charge in [0, 0.05) is 32.7 Å². The number of aliphatic carboxylic acids is 1. The van der Waals surface area contributed by atoms with Crippen molar-refractivity contribution in [3.63, 3.8) is 0 Å². The van der Waals surface area contributed by atoms with Gasteiger partial charge in [-0.25, -0.2) is 9.59 Å². The van der Waals surface area contributed by atoms with Crippen LogP contribution in [0.25, 0.3) is 0 Å². The second-order valence-electron chi connectivity index (χ2n) is 5.48. The maximum Gasteiger partial charge on any atom is 0.326 e. The highest BCUT2D eigenvalue weighted by Crippen LogP contribution is 2.29. The fourth-order valence-electron chi connectivity index (χ4n) is 2.38. The third-order valence-corrected chi connectivity index (χ3v) is 3.88. The summed E-state index contributed by atoms with van der Waals surface area (Å²) >= 11 is 0. The molecule has 2 rings (SSSR count). The maximum absolute atomic E-state index is 11.9. The highest BCUT2D eigenvalue weighted by Gasteiger charge is 2.28. The largest absolute Gasteiger partial charge is 0.480 e. The van der Waals surface area contributed by atoms with Crippen LogP contribution < -0.4 is 5.32 Å². The molecular formula is C13H23N3O3. The van der Waals surface area contributed by atoms with Gasteiger partial charge in [-0.2, -0.15) is 0 Å². The number of amides is 2. The van der Waals surface area contributed by atoms with Gasteiger partial charge >= 0.3 is 12.0 Å². The molecule has 0 aromatic carbocycles. The number of rotatable bonds is 5. The average molecular weight is 269 g/mol. The molecule has 108 valence electrons. The Morgan fingerprint density at radius 1 is 1.26 bits per heavy atom. The lowest BCUT2D eigenvalue weighted by Gasteiger charge is -2.35. The first kappa shape index (κ1) is 14.1. The minimum absolute atomic E-state index is 0.250. The van der Waals surface area contributed by atoms with Gasteiger partial charge in [0.1, 0.15) is 6.04 Å². The van der Waals surface area contributed by atoms with E-state index in [4.69, 9.17) is 5.11 Å². The maximum atomic E-state index is 11.9. The molecule has 1 saturated heterocycles. The van der Waals surface area contributed by atoms with E-state index in [1.54, 1.807) is 11.8 Å². The zero-order valence-corrected chi connectivity index (χ0v) is 11.5. The van der Waals surface area contributed by atoms with E-state index in [1.807, 2.05) is 0 Å². The van der Waals surface area contributed by atoms with Gasteiger partial charge in [-0.15, -0.1) is 0 Å². The average Bonchev–Trinajstić information content (AvgIpc) is 3.20. The highest BCUT2D eigenvalue weighted by molar-refractivity contribution is 5.82. The van der Waals surface area contributed by atoms with E-state index in [1.165, 1.54) is 12.8 Å². The summed E-state index contributed by atoms with van der Waals surface area (Å²) in [4.78, 5) is 26.9. The second kappa shape index (κ2) is 6.23. The Hall–Kier alpha value is -1.30. The number of carboxylic acids is 1. The van der Waals surface area contributed by atoms with E-state index in [0.29, 0.717) is 19.5 Å². The van der Waals surface area contributed by atoms with Crippen LogP contribution in [0.4, 0.5) is 4.79 Å². The number of piperazine rings is 1. The van der Waals surface area contributed by atoms with Gasteiger partial charge in [0.15, 0.2) is 0 Å². The number of hydrogen-bond acceptors (Lipinski definition) is 3. The third kappa shape index (κ3) is 4.09. The monoisotopic (exact) mass is 269 g/mol. The summed E-state index contributed by atoms with van der Waals surface area (Å²) in [5.74, 6) is -0.0971. The Balaban J connectivity index is 1.73. The molecule has 0 aromatic rings. The van der Waals surface area contributed by atoms with Crippen molar-refractivity contribution in [2.75, 3.05) is 32.7 Å². The van der Waals surface area contributed by atoms with Crippen molar-refractivity contribution in [1.29, 1.82) is 0 Å². The predicted molar refractivity (Wildman–Crippen MR) is 71.0 cm³/mol. The molecule has 2 fully saturated rings. The van der Waals surface area contributed by atoms with Crippen LogP contribution in [0.1, 0.15) is 26.2 Å². The summed E-state index contributed by atoms with van der Waals surface area (Å²) in [5, 5.41) is 11.5. The number of carbonyl (C=O) groups excluding carboxylic acids is 1. The molecule has 0 unspecified atom stereocenters.